The fourth-order valence-electron chi connectivity index (χ4n) is 2.01. The molecule has 1 aromatic carbocycles. The van der Waals surface area contributed by atoms with Crippen molar-refractivity contribution >= 4 is 27.3 Å². The average molecular weight is 343 g/mol. The molecule has 0 saturated carbocycles. The average Bonchev–Trinajstić information content (AvgIpc) is 2.86. The Labute approximate surface area is 133 Å². The number of carbonyl (C=O) groups excluding carboxylic acids is 1. The van der Waals surface area contributed by atoms with Crippen LogP contribution in [0.3, 0.4) is 0 Å². The molecule has 2 rings (SSSR count). The number of benzene rings is 1. The molecule has 0 aliphatic carbocycles. The molecule has 0 saturated heterocycles. The van der Waals surface area contributed by atoms with Crippen molar-refractivity contribution in [2.75, 3.05) is 12.0 Å². The lowest BCUT2D eigenvalue weighted by atomic mass is 10.1. The quantitative estimate of drug-likeness (QED) is 0.899. The van der Waals surface area contributed by atoms with Crippen LogP contribution in [0.25, 0.3) is 11.3 Å². The minimum atomic E-state index is -3.17. The molecule has 8 heteroatoms. The zero-order chi connectivity index (χ0) is 16.3. The van der Waals surface area contributed by atoms with E-state index < -0.39 is 21.8 Å². The molecule has 1 aromatic heterocycles. The Morgan fingerprint density at radius 3 is 2.59 bits per heavy atom. The van der Waals surface area contributed by atoms with E-state index in [2.05, 4.69) is 10.5 Å². The van der Waals surface area contributed by atoms with Gasteiger partial charge in [-0.1, -0.05) is 28.9 Å². The number of nitrogens with zero attached hydrogens (tertiary/aromatic N) is 1. The summed E-state index contributed by atoms with van der Waals surface area (Å²) in [5.74, 6) is -0.581. The summed E-state index contributed by atoms with van der Waals surface area (Å²) in [5, 5.41) is 7.01. The molecule has 1 heterocycles. The molecule has 6 nitrogen and oxygen atoms in total. The van der Waals surface area contributed by atoms with Crippen molar-refractivity contribution in [3.63, 3.8) is 0 Å². The highest BCUT2D eigenvalue weighted by atomic mass is 35.5. The molecule has 0 bridgehead atoms. The van der Waals surface area contributed by atoms with Gasteiger partial charge in [0.05, 0.1) is 5.75 Å². The number of nitrogens with one attached hydrogen (secondary N) is 1. The summed E-state index contributed by atoms with van der Waals surface area (Å²) >= 11 is 5.83. The van der Waals surface area contributed by atoms with Crippen LogP contribution in [-0.2, 0) is 9.84 Å². The highest BCUT2D eigenvalue weighted by Crippen LogP contribution is 2.23. The van der Waals surface area contributed by atoms with Crippen molar-refractivity contribution < 1.29 is 17.7 Å². The lowest BCUT2D eigenvalue weighted by Crippen LogP contribution is -2.37. The molecule has 2 aromatic rings. The summed E-state index contributed by atoms with van der Waals surface area (Å²) in [5.41, 5.74) is 1.29. The summed E-state index contributed by atoms with van der Waals surface area (Å²) in [6.07, 6.45) is 2.35. The van der Waals surface area contributed by atoms with Crippen LogP contribution in [0.2, 0.25) is 5.02 Å². The fourth-order valence-corrected chi connectivity index (χ4v) is 3.13. The van der Waals surface area contributed by atoms with Gasteiger partial charge in [0, 0.05) is 22.9 Å². The maximum Gasteiger partial charge on any atom is 0.257 e. The topological polar surface area (TPSA) is 89.3 Å². The lowest BCUT2D eigenvalue weighted by molar-refractivity contribution is 0.0943. The van der Waals surface area contributed by atoms with Gasteiger partial charge in [0.25, 0.3) is 5.91 Å². The molecule has 0 spiro atoms. The van der Waals surface area contributed by atoms with Gasteiger partial charge in [-0.05, 0) is 19.1 Å². The van der Waals surface area contributed by atoms with Crippen molar-refractivity contribution in [3.8, 4) is 11.3 Å². The van der Waals surface area contributed by atoms with Gasteiger partial charge in [0.1, 0.15) is 27.4 Å². The predicted octanol–water partition coefficient (Wildman–Crippen LogP) is 2.16. The Kier molecular flexibility index (Phi) is 4.87. The van der Waals surface area contributed by atoms with E-state index in [4.69, 9.17) is 16.1 Å². The highest BCUT2D eigenvalue weighted by molar-refractivity contribution is 7.90. The molecule has 1 atom stereocenters. The molecule has 1 unspecified atom stereocenters. The summed E-state index contributed by atoms with van der Waals surface area (Å²) in [7, 11) is -3.17. The molecule has 0 fully saturated rings. The van der Waals surface area contributed by atoms with Crippen molar-refractivity contribution in [1.82, 2.24) is 10.5 Å². The van der Waals surface area contributed by atoms with Gasteiger partial charge in [0.15, 0.2) is 0 Å². The molecule has 1 amide bonds. The Hall–Kier alpha value is -1.86. The first-order valence-electron chi connectivity index (χ1n) is 6.45. The number of hydrogen-bond donors (Lipinski definition) is 1. The van der Waals surface area contributed by atoms with Crippen molar-refractivity contribution in [1.29, 1.82) is 0 Å². The van der Waals surface area contributed by atoms with E-state index in [1.54, 1.807) is 31.2 Å². The minimum Gasteiger partial charge on any atom is -0.363 e. The maximum absolute atomic E-state index is 12.2. The van der Waals surface area contributed by atoms with Crippen LogP contribution in [-0.4, -0.2) is 37.5 Å². The standard InChI is InChI=1S/C14H15ClN2O4S/c1-9(8-22(2,19)20)16-14(18)12-7-21-17-13(12)10-3-5-11(15)6-4-10/h3-7,9H,8H2,1-2H3,(H,16,18). The van der Waals surface area contributed by atoms with E-state index in [-0.39, 0.29) is 11.3 Å². The van der Waals surface area contributed by atoms with Gasteiger partial charge in [-0.3, -0.25) is 4.79 Å². The van der Waals surface area contributed by atoms with Gasteiger partial charge in [-0.25, -0.2) is 8.42 Å². The number of amides is 1. The van der Waals surface area contributed by atoms with E-state index in [0.29, 0.717) is 16.3 Å². The van der Waals surface area contributed by atoms with Crippen molar-refractivity contribution in [2.24, 2.45) is 0 Å². The second-order valence-electron chi connectivity index (χ2n) is 5.05. The molecule has 0 aliphatic rings. The monoisotopic (exact) mass is 342 g/mol. The summed E-state index contributed by atoms with van der Waals surface area (Å²) in [4.78, 5) is 12.2. The molecule has 0 radical (unpaired) electrons. The highest BCUT2D eigenvalue weighted by Gasteiger charge is 2.20. The third-order valence-corrected chi connectivity index (χ3v) is 4.22. The predicted molar refractivity (Wildman–Crippen MR) is 83.6 cm³/mol. The normalized spacial score (nSPS) is 12.9. The number of rotatable bonds is 5. The smallest absolute Gasteiger partial charge is 0.257 e. The Morgan fingerprint density at radius 2 is 2.00 bits per heavy atom. The molecule has 1 N–H and O–H groups in total. The van der Waals surface area contributed by atoms with E-state index in [1.165, 1.54) is 6.26 Å². The van der Waals surface area contributed by atoms with Gasteiger partial charge in [-0.2, -0.15) is 0 Å². The maximum atomic E-state index is 12.2. The second-order valence-corrected chi connectivity index (χ2v) is 7.67. The largest absolute Gasteiger partial charge is 0.363 e. The number of sulfone groups is 1. The first-order chi connectivity index (χ1) is 10.3. The Balaban J connectivity index is 2.18. The molecule has 118 valence electrons. The lowest BCUT2D eigenvalue weighted by Gasteiger charge is -2.12. The number of aromatic nitrogens is 1. The minimum absolute atomic E-state index is 0.139. The van der Waals surface area contributed by atoms with Gasteiger partial charge in [0.2, 0.25) is 0 Å². The first-order valence-corrected chi connectivity index (χ1v) is 8.89. The molecule has 22 heavy (non-hydrogen) atoms. The zero-order valence-corrected chi connectivity index (χ0v) is 13.6. The molecular formula is C14H15ClN2O4S. The van der Waals surface area contributed by atoms with Crippen LogP contribution in [0.4, 0.5) is 0 Å². The first kappa shape index (κ1) is 16.5. The van der Waals surface area contributed by atoms with E-state index in [1.807, 2.05) is 0 Å². The number of carbonyl (C=O) groups is 1. The third-order valence-electron chi connectivity index (χ3n) is 2.86. The van der Waals surface area contributed by atoms with Crippen LogP contribution < -0.4 is 5.32 Å². The van der Waals surface area contributed by atoms with E-state index in [0.717, 1.165) is 6.26 Å². The molecule has 0 aliphatic heterocycles. The van der Waals surface area contributed by atoms with Crippen LogP contribution in [0.5, 0.6) is 0 Å². The van der Waals surface area contributed by atoms with Gasteiger partial charge in [-0.15, -0.1) is 0 Å². The summed E-state index contributed by atoms with van der Waals surface area (Å²) in [6.45, 7) is 1.62. The van der Waals surface area contributed by atoms with Gasteiger partial charge < -0.3 is 9.84 Å². The fraction of sp³-hybridized carbons (Fsp3) is 0.286. The number of halogens is 1. The zero-order valence-electron chi connectivity index (χ0n) is 12.0. The molecular weight excluding hydrogens is 328 g/mol. The summed E-state index contributed by atoms with van der Waals surface area (Å²) < 4.78 is 27.3. The Morgan fingerprint density at radius 1 is 1.36 bits per heavy atom. The van der Waals surface area contributed by atoms with E-state index in [9.17, 15) is 13.2 Å². The van der Waals surface area contributed by atoms with Crippen LogP contribution in [0, 0.1) is 0 Å². The van der Waals surface area contributed by atoms with Crippen molar-refractivity contribution in [3.05, 3.63) is 41.1 Å². The summed E-state index contributed by atoms with van der Waals surface area (Å²) in [6, 6.07) is 6.28. The SMILES string of the molecule is CC(CS(C)(=O)=O)NC(=O)c1conc1-c1ccc(Cl)cc1. The van der Waals surface area contributed by atoms with Crippen molar-refractivity contribution in [2.45, 2.75) is 13.0 Å². The van der Waals surface area contributed by atoms with Crippen LogP contribution >= 0.6 is 11.6 Å². The number of hydrogen-bond acceptors (Lipinski definition) is 5. The van der Waals surface area contributed by atoms with Crippen LogP contribution in [0.15, 0.2) is 35.1 Å². The van der Waals surface area contributed by atoms with Gasteiger partial charge >= 0.3 is 0 Å². The van der Waals surface area contributed by atoms with Crippen LogP contribution in [0.1, 0.15) is 17.3 Å². The van der Waals surface area contributed by atoms with E-state index >= 15 is 0 Å². The second kappa shape index (κ2) is 6.50. The Bertz CT molecular complexity index is 768. The third kappa shape index (κ3) is 4.32.